The lowest BCUT2D eigenvalue weighted by Gasteiger charge is -2.06. The lowest BCUT2D eigenvalue weighted by atomic mass is 10.1. The molecule has 4 nitrogen and oxygen atoms in total. The Kier molecular flexibility index (Phi) is 4.06. The van der Waals surface area contributed by atoms with Gasteiger partial charge in [0.15, 0.2) is 5.13 Å². The van der Waals surface area contributed by atoms with Gasteiger partial charge in [0.2, 0.25) is 0 Å². The summed E-state index contributed by atoms with van der Waals surface area (Å²) >= 11 is 1.47. The van der Waals surface area contributed by atoms with Crippen molar-refractivity contribution in [1.29, 1.82) is 0 Å². The number of nitrogens with zero attached hydrogens (tertiary/aromatic N) is 1. The molecule has 0 unspecified atom stereocenters. The van der Waals surface area contributed by atoms with E-state index in [0.717, 1.165) is 27.9 Å². The zero-order valence-corrected chi connectivity index (χ0v) is 13.3. The molecular weight excluding hydrogens is 294 g/mol. The van der Waals surface area contributed by atoms with Gasteiger partial charge in [-0.3, -0.25) is 5.32 Å². The highest BCUT2D eigenvalue weighted by Crippen LogP contribution is 2.27. The maximum absolute atomic E-state index is 12.1. The van der Waals surface area contributed by atoms with Crippen molar-refractivity contribution in [2.45, 2.75) is 20.3 Å². The molecule has 3 aromatic rings. The number of aromatic nitrogens is 1. The Morgan fingerprint density at radius 2 is 2.00 bits per heavy atom. The average molecular weight is 311 g/mol. The van der Waals surface area contributed by atoms with Crippen LogP contribution in [-0.2, 0) is 6.42 Å². The third kappa shape index (κ3) is 3.09. The highest BCUT2D eigenvalue weighted by molar-refractivity contribution is 7.22. The molecule has 3 rings (SSSR count). The third-order valence-electron chi connectivity index (χ3n) is 3.43. The van der Waals surface area contributed by atoms with Crippen LogP contribution < -0.4 is 10.6 Å². The lowest BCUT2D eigenvalue weighted by molar-refractivity contribution is 0.262. The monoisotopic (exact) mass is 311 g/mol. The van der Waals surface area contributed by atoms with E-state index in [1.54, 1.807) is 0 Å². The fourth-order valence-electron chi connectivity index (χ4n) is 2.27. The lowest BCUT2D eigenvalue weighted by Crippen LogP contribution is -2.19. The smallest absolute Gasteiger partial charge is 0.308 e. The minimum Gasteiger partial charge on any atom is -0.308 e. The number of anilines is 2. The Hall–Kier alpha value is -2.40. The van der Waals surface area contributed by atoms with E-state index in [1.807, 2.05) is 49.4 Å². The second kappa shape index (κ2) is 6.15. The van der Waals surface area contributed by atoms with Crippen molar-refractivity contribution in [3.8, 4) is 0 Å². The first-order valence-corrected chi connectivity index (χ1v) is 8.00. The molecule has 2 aromatic carbocycles. The van der Waals surface area contributed by atoms with Crippen LogP contribution in [0.15, 0.2) is 42.5 Å². The van der Waals surface area contributed by atoms with E-state index in [4.69, 9.17) is 0 Å². The molecule has 0 bridgehead atoms. The summed E-state index contributed by atoms with van der Waals surface area (Å²) in [6, 6.07) is 13.6. The fraction of sp³-hybridized carbons (Fsp3) is 0.176. The molecule has 0 saturated carbocycles. The number of amides is 2. The summed E-state index contributed by atoms with van der Waals surface area (Å²) in [5.74, 6) is 0. The number of carbonyl (C=O) groups excluding carboxylic acids is 1. The summed E-state index contributed by atoms with van der Waals surface area (Å²) in [7, 11) is 0. The molecule has 0 spiro atoms. The van der Waals surface area contributed by atoms with Crippen molar-refractivity contribution in [3.05, 3.63) is 53.6 Å². The van der Waals surface area contributed by atoms with Crippen LogP contribution in [0.25, 0.3) is 10.2 Å². The molecule has 2 N–H and O–H groups in total. The number of hydrogen-bond acceptors (Lipinski definition) is 3. The van der Waals surface area contributed by atoms with Gasteiger partial charge in [-0.2, -0.15) is 0 Å². The number of thiazole rings is 1. The number of hydrogen-bond donors (Lipinski definition) is 2. The van der Waals surface area contributed by atoms with Gasteiger partial charge >= 0.3 is 6.03 Å². The zero-order chi connectivity index (χ0) is 15.5. The van der Waals surface area contributed by atoms with Gasteiger partial charge in [-0.15, -0.1) is 0 Å². The first kappa shape index (κ1) is 14.5. The number of carbonyl (C=O) groups is 1. The first-order valence-electron chi connectivity index (χ1n) is 7.19. The number of urea groups is 1. The Balaban J connectivity index is 1.74. The molecule has 1 aromatic heterocycles. The maximum Gasteiger partial charge on any atom is 0.325 e. The van der Waals surface area contributed by atoms with Crippen molar-refractivity contribution < 1.29 is 4.79 Å². The van der Waals surface area contributed by atoms with E-state index in [0.29, 0.717) is 5.13 Å². The van der Waals surface area contributed by atoms with Gasteiger partial charge in [-0.05, 0) is 42.7 Å². The second-order valence-corrected chi connectivity index (χ2v) is 6.10. The fourth-order valence-corrected chi connectivity index (χ4v) is 3.21. The Morgan fingerprint density at radius 1 is 1.18 bits per heavy atom. The van der Waals surface area contributed by atoms with E-state index in [1.165, 1.54) is 16.9 Å². The van der Waals surface area contributed by atoms with E-state index in [9.17, 15) is 4.79 Å². The van der Waals surface area contributed by atoms with Crippen molar-refractivity contribution in [2.24, 2.45) is 0 Å². The number of fused-ring (bicyclic) bond motifs is 1. The molecule has 1 heterocycles. The van der Waals surface area contributed by atoms with Gasteiger partial charge in [0.05, 0.1) is 10.2 Å². The van der Waals surface area contributed by atoms with Crippen LogP contribution in [0.3, 0.4) is 0 Å². The number of nitrogens with one attached hydrogen (secondary N) is 2. The maximum atomic E-state index is 12.1. The van der Waals surface area contributed by atoms with Crippen LogP contribution in [0.5, 0.6) is 0 Å². The molecule has 0 fully saturated rings. The van der Waals surface area contributed by atoms with Gasteiger partial charge in [-0.1, -0.05) is 42.5 Å². The predicted octanol–water partition coefficient (Wildman–Crippen LogP) is 4.81. The Bertz CT molecular complexity index is 826. The van der Waals surface area contributed by atoms with E-state index < -0.39 is 0 Å². The van der Waals surface area contributed by atoms with Gasteiger partial charge in [-0.25, -0.2) is 9.78 Å². The summed E-state index contributed by atoms with van der Waals surface area (Å²) in [5, 5.41) is 6.25. The largest absolute Gasteiger partial charge is 0.325 e. The van der Waals surface area contributed by atoms with Crippen molar-refractivity contribution in [3.63, 3.8) is 0 Å². The van der Waals surface area contributed by atoms with E-state index >= 15 is 0 Å². The Morgan fingerprint density at radius 3 is 2.77 bits per heavy atom. The minimum atomic E-state index is -0.273. The summed E-state index contributed by atoms with van der Waals surface area (Å²) in [6.07, 6.45) is 0.939. The van der Waals surface area contributed by atoms with Crippen molar-refractivity contribution in [1.82, 2.24) is 4.98 Å². The van der Waals surface area contributed by atoms with Crippen LogP contribution in [-0.4, -0.2) is 11.0 Å². The number of aryl methyl sites for hydroxylation is 2. The molecule has 5 heteroatoms. The molecule has 112 valence electrons. The first-order chi connectivity index (χ1) is 10.7. The summed E-state index contributed by atoms with van der Waals surface area (Å²) in [6.45, 7) is 4.10. The van der Waals surface area contributed by atoms with E-state index in [-0.39, 0.29) is 6.03 Å². The molecule has 0 aliphatic rings. The highest BCUT2D eigenvalue weighted by atomic mass is 32.1. The topological polar surface area (TPSA) is 54.0 Å². The quantitative estimate of drug-likeness (QED) is 0.729. The molecule has 0 aliphatic heterocycles. The number of rotatable bonds is 3. The second-order valence-electron chi connectivity index (χ2n) is 5.07. The molecule has 0 aliphatic carbocycles. The predicted molar refractivity (Wildman–Crippen MR) is 92.8 cm³/mol. The standard InChI is InChI=1S/C17H17N3OS/c1-3-12-7-5-8-13(10-12)18-16(21)20-17-19-15-11(2)6-4-9-14(15)22-17/h4-10H,3H2,1-2H3,(H2,18,19,20,21). The van der Waals surface area contributed by atoms with Crippen LogP contribution in [0.2, 0.25) is 0 Å². The summed E-state index contributed by atoms with van der Waals surface area (Å²) in [5.41, 5.74) is 4.02. The summed E-state index contributed by atoms with van der Waals surface area (Å²) in [4.78, 5) is 16.6. The van der Waals surface area contributed by atoms with Gasteiger partial charge in [0, 0.05) is 5.69 Å². The SMILES string of the molecule is CCc1cccc(NC(=O)Nc2nc3c(C)cccc3s2)c1. The molecule has 0 radical (unpaired) electrons. The normalized spacial score (nSPS) is 10.6. The number of para-hydroxylation sites is 1. The highest BCUT2D eigenvalue weighted by Gasteiger charge is 2.09. The Labute approximate surface area is 133 Å². The van der Waals surface area contributed by atoms with Gasteiger partial charge < -0.3 is 5.32 Å². The third-order valence-corrected chi connectivity index (χ3v) is 4.37. The number of benzene rings is 2. The van der Waals surface area contributed by atoms with Crippen LogP contribution in [0.1, 0.15) is 18.1 Å². The van der Waals surface area contributed by atoms with Crippen molar-refractivity contribution >= 4 is 38.4 Å². The molecule has 0 saturated heterocycles. The summed E-state index contributed by atoms with van der Waals surface area (Å²) < 4.78 is 1.07. The molecule has 22 heavy (non-hydrogen) atoms. The van der Waals surface area contributed by atoms with E-state index in [2.05, 4.69) is 22.5 Å². The zero-order valence-electron chi connectivity index (χ0n) is 12.5. The van der Waals surface area contributed by atoms with Gasteiger partial charge in [0.25, 0.3) is 0 Å². The van der Waals surface area contributed by atoms with Gasteiger partial charge in [0.1, 0.15) is 0 Å². The molecule has 0 atom stereocenters. The molecular formula is C17H17N3OS. The van der Waals surface area contributed by atoms with Crippen LogP contribution in [0.4, 0.5) is 15.6 Å². The molecule has 2 amide bonds. The van der Waals surface area contributed by atoms with Crippen LogP contribution in [0, 0.1) is 6.92 Å². The van der Waals surface area contributed by atoms with Crippen LogP contribution >= 0.6 is 11.3 Å². The minimum absolute atomic E-state index is 0.273. The van der Waals surface area contributed by atoms with Crippen molar-refractivity contribution in [2.75, 3.05) is 10.6 Å². The average Bonchev–Trinajstić information content (AvgIpc) is 2.91.